The van der Waals surface area contributed by atoms with Crippen LogP contribution in [0, 0.1) is 5.92 Å². The van der Waals surface area contributed by atoms with Gasteiger partial charge in [-0.2, -0.15) is 0 Å². The molecule has 0 radical (unpaired) electrons. The summed E-state index contributed by atoms with van der Waals surface area (Å²) in [6.45, 7) is 6.52. The van der Waals surface area contributed by atoms with E-state index in [4.69, 9.17) is 4.74 Å². The minimum Gasteiger partial charge on any atom is -0.376 e. The Hall–Kier alpha value is -2.86. The van der Waals surface area contributed by atoms with E-state index in [1.54, 1.807) is 7.05 Å². The van der Waals surface area contributed by atoms with E-state index in [2.05, 4.69) is 52.9 Å². The zero-order chi connectivity index (χ0) is 22.6. The molecule has 3 rings (SSSR count). The number of ether oxygens (including phenoxy) is 1. The second-order valence-electron chi connectivity index (χ2n) is 8.42. The number of amides is 1. The van der Waals surface area contributed by atoms with E-state index in [1.807, 2.05) is 29.2 Å². The van der Waals surface area contributed by atoms with E-state index in [0.29, 0.717) is 32.1 Å². The molecule has 0 saturated heterocycles. The molecule has 1 aliphatic rings. The lowest BCUT2D eigenvalue weighted by Gasteiger charge is -2.29. The zero-order valence-electron chi connectivity index (χ0n) is 19.3. The third-order valence-corrected chi connectivity index (χ3v) is 5.70. The molecular formula is C26H36N4O2. The highest BCUT2D eigenvalue weighted by molar-refractivity contribution is 5.80. The fourth-order valence-corrected chi connectivity index (χ4v) is 3.82. The summed E-state index contributed by atoms with van der Waals surface area (Å²) >= 11 is 0. The Morgan fingerprint density at radius 2 is 1.84 bits per heavy atom. The van der Waals surface area contributed by atoms with Gasteiger partial charge in [-0.25, -0.2) is 0 Å². The first-order valence-electron chi connectivity index (χ1n) is 11.6. The minimum absolute atomic E-state index is 0.230. The van der Waals surface area contributed by atoms with Crippen molar-refractivity contribution in [2.75, 3.05) is 33.3 Å². The quantitative estimate of drug-likeness (QED) is 0.341. The smallest absolute Gasteiger partial charge is 0.222 e. The highest BCUT2D eigenvalue weighted by atomic mass is 16.5. The largest absolute Gasteiger partial charge is 0.376 e. The summed E-state index contributed by atoms with van der Waals surface area (Å²) in [6, 6.07) is 18.6. The average molecular weight is 437 g/mol. The van der Waals surface area contributed by atoms with Gasteiger partial charge in [0.25, 0.3) is 0 Å². The van der Waals surface area contributed by atoms with Crippen LogP contribution < -0.4 is 10.6 Å². The topological polar surface area (TPSA) is 66.0 Å². The summed E-state index contributed by atoms with van der Waals surface area (Å²) < 4.78 is 5.81. The summed E-state index contributed by atoms with van der Waals surface area (Å²) in [5, 5.41) is 6.65. The second-order valence-corrected chi connectivity index (χ2v) is 8.42. The maximum Gasteiger partial charge on any atom is 0.222 e. The molecule has 1 atom stereocenters. The molecule has 1 unspecified atom stereocenters. The Labute approximate surface area is 192 Å². The van der Waals surface area contributed by atoms with Gasteiger partial charge in [0.15, 0.2) is 5.96 Å². The molecular weight excluding hydrogens is 400 g/mol. The van der Waals surface area contributed by atoms with Gasteiger partial charge >= 0.3 is 0 Å². The van der Waals surface area contributed by atoms with Crippen molar-refractivity contribution in [1.82, 2.24) is 15.5 Å². The lowest BCUT2D eigenvalue weighted by molar-refractivity contribution is -0.132. The van der Waals surface area contributed by atoms with Crippen LogP contribution in [0.25, 0.3) is 0 Å². The molecule has 6 heteroatoms. The van der Waals surface area contributed by atoms with Crippen molar-refractivity contribution in [2.24, 2.45) is 10.9 Å². The van der Waals surface area contributed by atoms with Gasteiger partial charge in [-0.15, -0.1) is 0 Å². The average Bonchev–Trinajstić information content (AvgIpc) is 2.83. The van der Waals surface area contributed by atoms with Crippen LogP contribution in [0.15, 0.2) is 59.6 Å². The van der Waals surface area contributed by atoms with Gasteiger partial charge in [0, 0.05) is 39.6 Å². The molecule has 2 aromatic carbocycles. The predicted molar refractivity (Wildman–Crippen MR) is 129 cm³/mol. The highest BCUT2D eigenvalue weighted by Gasteiger charge is 2.19. The summed E-state index contributed by atoms with van der Waals surface area (Å²) in [5.74, 6) is 1.36. The first-order chi connectivity index (χ1) is 15.7. The van der Waals surface area contributed by atoms with Gasteiger partial charge in [-0.05, 0) is 35.4 Å². The van der Waals surface area contributed by atoms with Crippen LogP contribution in [0.5, 0.6) is 0 Å². The molecule has 32 heavy (non-hydrogen) atoms. The maximum absolute atomic E-state index is 12.6. The molecule has 6 nitrogen and oxygen atoms in total. The normalized spacial score (nSPS) is 14.6. The fraction of sp³-hybridized carbons (Fsp3) is 0.462. The SMILES string of the molecule is CN=C(NCCCC(=O)N1CCc2ccccc2C1)NCC(C)COCc1ccccc1. The van der Waals surface area contributed by atoms with Crippen LogP contribution in [0.2, 0.25) is 0 Å². The molecule has 0 aliphatic carbocycles. The van der Waals surface area contributed by atoms with Gasteiger partial charge in [-0.3, -0.25) is 9.79 Å². The van der Waals surface area contributed by atoms with E-state index < -0.39 is 0 Å². The number of nitrogens with zero attached hydrogens (tertiary/aromatic N) is 2. The van der Waals surface area contributed by atoms with Crippen LogP contribution >= 0.6 is 0 Å². The monoisotopic (exact) mass is 436 g/mol. The second kappa shape index (κ2) is 12.9. The molecule has 172 valence electrons. The number of nitrogens with one attached hydrogen (secondary N) is 2. The van der Waals surface area contributed by atoms with E-state index in [9.17, 15) is 4.79 Å². The van der Waals surface area contributed by atoms with E-state index in [-0.39, 0.29) is 5.91 Å². The number of carbonyl (C=O) groups is 1. The molecule has 1 amide bonds. The summed E-state index contributed by atoms with van der Waals surface area (Å²) in [5.41, 5.74) is 3.83. The van der Waals surface area contributed by atoms with Gasteiger partial charge < -0.3 is 20.3 Å². The molecule has 0 spiro atoms. The molecule has 0 aromatic heterocycles. The van der Waals surface area contributed by atoms with Crippen molar-refractivity contribution in [2.45, 2.75) is 39.3 Å². The molecule has 0 saturated carbocycles. The number of rotatable bonds is 10. The van der Waals surface area contributed by atoms with Crippen molar-refractivity contribution in [3.63, 3.8) is 0 Å². The van der Waals surface area contributed by atoms with Crippen LogP contribution in [0.3, 0.4) is 0 Å². The predicted octanol–water partition coefficient (Wildman–Crippen LogP) is 3.37. The van der Waals surface area contributed by atoms with Gasteiger partial charge in [0.05, 0.1) is 13.2 Å². The van der Waals surface area contributed by atoms with E-state index in [1.165, 1.54) is 16.7 Å². The number of guanidine groups is 1. The standard InChI is InChI=1S/C26H36N4O2/c1-21(19-32-20-22-9-4-3-5-10-22)17-29-26(27-2)28-15-8-13-25(31)30-16-14-23-11-6-7-12-24(23)18-30/h3-7,9-12,21H,8,13-20H2,1-2H3,(H2,27,28,29). The van der Waals surface area contributed by atoms with Crippen molar-refractivity contribution >= 4 is 11.9 Å². The van der Waals surface area contributed by atoms with Crippen LogP contribution in [-0.2, 0) is 29.1 Å². The third-order valence-electron chi connectivity index (χ3n) is 5.70. The molecule has 0 fully saturated rings. The molecule has 2 aromatic rings. The van der Waals surface area contributed by atoms with Crippen molar-refractivity contribution in [3.8, 4) is 0 Å². The van der Waals surface area contributed by atoms with Crippen molar-refractivity contribution < 1.29 is 9.53 Å². The number of hydrogen-bond donors (Lipinski definition) is 2. The Bertz CT molecular complexity index is 869. The minimum atomic E-state index is 0.230. The summed E-state index contributed by atoms with van der Waals surface area (Å²) in [7, 11) is 1.77. The number of fused-ring (bicyclic) bond motifs is 1. The van der Waals surface area contributed by atoms with E-state index >= 15 is 0 Å². The maximum atomic E-state index is 12.6. The van der Waals surface area contributed by atoms with Crippen LogP contribution in [-0.4, -0.2) is 50.1 Å². The lowest BCUT2D eigenvalue weighted by atomic mass is 9.99. The fourth-order valence-electron chi connectivity index (χ4n) is 3.82. The van der Waals surface area contributed by atoms with Crippen molar-refractivity contribution in [3.05, 3.63) is 71.3 Å². The van der Waals surface area contributed by atoms with Crippen LogP contribution in [0.4, 0.5) is 0 Å². The van der Waals surface area contributed by atoms with Crippen LogP contribution in [0.1, 0.15) is 36.5 Å². The van der Waals surface area contributed by atoms with Gasteiger partial charge in [0.2, 0.25) is 5.91 Å². The Morgan fingerprint density at radius 1 is 1.09 bits per heavy atom. The molecule has 1 heterocycles. The lowest BCUT2D eigenvalue weighted by Crippen LogP contribution is -2.41. The first kappa shape index (κ1) is 23.8. The number of benzene rings is 2. The Kier molecular flexibility index (Phi) is 9.57. The summed E-state index contributed by atoms with van der Waals surface area (Å²) in [6.07, 6.45) is 2.29. The third kappa shape index (κ3) is 7.68. The number of carbonyl (C=O) groups excluding carboxylic acids is 1. The van der Waals surface area contributed by atoms with E-state index in [0.717, 1.165) is 38.4 Å². The Morgan fingerprint density at radius 3 is 2.62 bits per heavy atom. The van der Waals surface area contributed by atoms with Gasteiger partial charge in [0.1, 0.15) is 0 Å². The van der Waals surface area contributed by atoms with Gasteiger partial charge in [-0.1, -0.05) is 61.5 Å². The zero-order valence-corrected chi connectivity index (χ0v) is 19.3. The molecule has 0 bridgehead atoms. The number of hydrogen-bond acceptors (Lipinski definition) is 3. The first-order valence-corrected chi connectivity index (χ1v) is 11.6. The molecule has 1 aliphatic heterocycles. The summed E-state index contributed by atoms with van der Waals surface area (Å²) in [4.78, 5) is 18.8. The highest BCUT2D eigenvalue weighted by Crippen LogP contribution is 2.19. The number of aliphatic imine (C=N–C) groups is 1. The Balaban J connectivity index is 1.27. The molecule has 2 N–H and O–H groups in total. The van der Waals surface area contributed by atoms with Crippen molar-refractivity contribution in [1.29, 1.82) is 0 Å².